The van der Waals surface area contributed by atoms with Crippen molar-refractivity contribution in [1.82, 2.24) is 0 Å². The van der Waals surface area contributed by atoms with Crippen LogP contribution in [-0.4, -0.2) is 44.2 Å². The normalized spacial score (nSPS) is 24.9. The summed E-state index contributed by atoms with van der Waals surface area (Å²) in [5.41, 5.74) is -2.41. The van der Waals surface area contributed by atoms with Crippen LogP contribution >= 0.6 is 0 Å². The minimum Gasteiger partial charge on any atom is -0.417 e. The average molecular weight is 365 g/mol. The van der Waals surface area contributed by atoms with Crippen LogP contribution in [0.15, 0.2) is 54.1 Å². The van der Waals surface area contributed by atoms with Gasteiger partial charge >= 0.3 is 17.2 Å². The molecule has 0 amide bonds. The van der Waals surface area contributed by atoms with Crippen molar-refractivity contribution in [2.45, 2.75) is 18.4 Å². The fraction of sp³-hybridized carbons (Fsp3) is 0.286. The molecule has 1 N–H and O–H groups in total. The molecule has 1 aliphatic heterocycles. The van der Waals surface area contributed by atoms with Crippen LogP contribution in [0, 0.1) is 25.4 Å². The van der Waals surface area contributed by atoms with Crippen LogP contribution in [0.3, 0.4) is 0 Å². The Morgan fingerprint density at radius 3 is 2.19 bits per heavy atom. The molecule has 136 valence electrons. The lowest BCUT2D eigenvalue weighted by Gasteiger charge is -2.23. The maximum atomic E-state index is 11.4. The highest BCUT2D eigenvalue weighted by atomic mass is 16.8. The second-order valence-electron chi connectivity index (χ2n) is 5.51. The van der Waals surface area contributed by atoms with Crippen molar-refractivity contribution in [3.63, 3.8) is 0 Å². The number of hydrogen-bond acceptors (Lipinski definition) is 8. The van der Waals surface area contributed by atoms with Gasteiger partial charge in [0.2, 0.25) is 0 Å². The molecule has 1 fully saturated rings. The first-order valence-electron chi connectivity index (χ1n) is 7.35. The van der Waals surface area contributed by atoms with E-state index in [0.29, 0.717) is 12.2 Å². The monoisotopic (exact) mass is 365 g/mol. The number of nitro groups is 2. The predicted molar refractivity (Wildman–Crippen MR) is 80.8 cm³/mol. The summed E-state index contributed by atoms with van der Waals surface area (Å²) in [5.74, 6) is -2.37. The number of allylic oxidation sites excluding steroid dienone is 2. The molecule has 26 heavy (non-hydrogen) atoms. The number of rotatable bonds is 4. The molecule has 2 heterocycles. The van der Waals surface area contributed by atoms with Crippen molar-refractivity contribution in [3.05, 3.63) is 79.6 Å². The van der Waals surface area contributed by atoms with Crippen LogP contribution in [0.5, 0.6) is 0 Å². The van der Waals surface area contributed by atoms with Gasteiger partial charge in [0, 0.05) is 17.0 Å². The number of nitrogens with zero attached hydrogens (tertiary/aromatic N) is 4. The van der Waals surface area contributed by atoms with Gasteiger partial charge in [-0.25, -0.2) is 4.57 Å². The van der Waals surface area contributed by atoms with E-state index in [1.54, 1.807) is 35.2 Å². The summed E-state index contributed by atoms with van der Waals surface area (Å²) in [6.45, 7) is 0.0939. The van der Waals surface area contributed by atoms with Gasteiger partial charge in [0.1, 0.15) is 6.10 Å². The molecule has 0 aromatic carbocycles. The first-order valence-corrected chi connectivity index (χ1v) is 7.35. The largest absolute Gasteiger partial charge is 0.417 e. The van der Waals surface area contributed by atoms with Crippen LogP contribution in [0.1, 0.15) is 0 Å². The molecule has 0 bridgehead atoms. The Hall–Kier alpha value is -3.38. The second kappa shape index (κ2) is 6.50. The molecule has 1 unspecified atom stereocenters. The first-order chi connectivity index (χ1) is 12.3. The second-order valence-corrected chi connectivity index (χ2v) is 5.51. The molecule has 12 heteroatoms. The molecular formula is C14H13N4O8+. The molecule has 3 rings (SSSR count). The molecule has 0 radical (unpaired) electrons. The van der Waals surface area contributed by atoms with Gasteiger partial charge in [-0.05, 0) is 0 Å². The van der Waals surface area contributed by atoms with Gasteiger partial charge in [0.25, 0.3) is 5.71 Å². The standard InChI is InChI=1S/C14H13N4O8/c19-16(20)10-6-12(17(21)22)14(13(7-10)18(23)24)25-9-11(26-14)8-15-4-2-1-3-5-15/h1-7,11H,8-9H2,(H,19,20)/q+1. The maximum absolute atomic E-state index is 11.4. The minimum absolute atomic E-state index is 0.145. The van der Waals surface area contributed by atoms with E-state index in [0.717, 1.165) is 0 Å². The van der Waals surface area contributed by atoms with Gasteiger partial charge in [0.05, 0.1) is 28.6 Å². The number of hydrogen-bond donors (Lipinski definition) is 1. The molecule has 2 aliphatic rings. The van der Waals surface area contributed by atoms with Crippen molar-refractivity contribution < 1.29 is 34.0 Å². The third kappa shape index (κ3) is 2.98. The first kappa shape index (κ1) is 17.4. The van der Waals surface area contributed by atoms with Gasteiger partial charge in [0.15, 0.2) is 18.9 Å². The number of pyridine rings is 1. The minimum atomic E-state index is -2.37. The van der Waals surface area contributed by atoms with E-state index in [1.165, 1.54) is 0 Å². The molecule has 0 saturated carbocycles. The van der Waals surface area contributed by atoms with Crippen LogP contribution in [0.25, 0.3) is 0 Å². The Morgan fingerprint density at radius 1 is 1.12 bits per heavy atom. The summed E-state index contributed by atoms with van der Waals surface area (Å²) in [7, 11) is 0. The molecule has 1 aromatic heterocycles. The van der Waals surface area contributed by atoms with Crippen molar-refractivity contribution in [2.24, 2.45) is 0 Å². The molecular weight excluding hydrogens is 352 g/mol. The number of ether oxygens (including phenoxy) is 2. The summed E-state index contributed by atoms with van der Waals surface area (Å²) in [6.07, 6.45) is 4.11. The molecule has 1 spiro atoms. The highest BCUT2D eigenvalue weighted by molar-refractivity contribution is 6.02. The Balaban J connectivity index is 1.99. The highest BCUT2D eigenvalue weighted by Crippen LogP contribution is 2.40. The van der Waals surface area contributed by atoms with Gasteiger partial charge in [-0.1, -0.05) is 6.07 Å². The summed E-state index contributed by atoms with van der Waals surface area (Å²) in [6, 6.07) is 5.33. The Labute approximate surface area is 145 Å². The van der Waals surface area contributed by atoms with Gasteiger partial charge < -0.3 is 14.7 Å². The summed E-state index contributed by atoms with van der Waals surface area (Å²) < 4.78 is 12.7. The topological polar surface area (TPSA) is 155 Å². The van der Waals surface area contributed by atoms with E-state index in [9.17, 15) is 25.4 Å². The third-order valence-corrected chi connectivity index (χ3v) is 3.85. The fourth-order valence-corrected chi connectivity index (χ4v) is 2.76. The highest BCUT2D eigenvalue weighted by Gasteiger charge is 2.64. The summed E-state index contributed by atoms with van der Waals surface area (Å²) in [5, 5.41) is 42.9. The van der Waals surface area contributed by atoms with E-state index in [1.807, 2.05) is 0 Å². The van der Waals surface area contributed by atoms with E-state index in [4.69, 9.17) is 14.7 Å². The zero-order chi connectivity index (χ0) is 18.9. The SMILES string of the molecule is O=[N+]([O-])C1=CC(=[N+]([O-])O)C=C([N+](=O)[O-])C12OCC(C[n+]1ccccc1)O2. The summed E-state index contributed by atoms with van der Waals surface area (Å²) >= 11 is 0. The third-order valence-electron chi connectivity index (χ3n) is 3.85. The van der Waals surface area contributed by atoms with E-state index in [2.05, 4.69) is 0 Å². The predicted octanol–water partition coefficient (Wildman–Crippen LogP) is -0.239. The van der Waals surface area contributed by atoms with Crippen LogP contribution in [0.4, 0.5) is 0 Å². The Morgan fingerprint density at radius 2 is 1.69 bits per heavy atom. The van der Waals surface area contributed by atoms with Crippen LogP contribution in [0.2, 0.25) is 0 Å². The van der Waals surface area contributed by atoms with Crippen LogP contribution < -0.4 is 4.57 Å². The zero-order valence-electron chi connectivity index (χ0n) is 13.1. The van der Waals surface area contributed by atoms with Crippen LogP contribution in [-0.2, 0) is 16.0 Å². The Kier molecular flexibility index (Phi) is 4.36. The van der Waals surface area contributed by atoms with Gasteiger partial charge in [-0.15, -0.1) is 0 Å². The Bertz CT molecular complexity index is 810. The lowest BCUT2D eigenvalue weighted by Crippen LogP contribution is -2.46. The van der Waals surface area contributed by atoms with Crippen molar-refractivity contribution in [1.29, 1.82) is 0 Å². The quantitative estimate of drug-likeness (QED) is 0.252. The maximum Gasteiger partial charge on any atom is 0.357 e. The smallest absolute Gasteiger partial charge is 0.357 e. The molecule has 1 atom stereocenters. The summed E-state index contributed by atoms with van der Waals surface area (Å²) in [4.78, 5) is 20.3. The number of aromatic nitrogens is 1. The fourth-order valence-electron chi connectivity index (χ4n) is 2.76. The average Bonchev–Trinajstić information content (AvgIpc) is 2.98. The van der Waals surface area contributed by atoms with E-state index in [-0.39, 0.29) is 13.2 Å². The zero-order valence-corrected chi connectivity index (χ0v) is 13.1. The van der Waals surface area contributed by atoms with Crippen molar-refractivity contribution in [3.8, 4) is 0 Å². The molecule has 12 nitrogen and oxygen atoms in total. The lowest BCUT2D eigenvalue weighted by molar-refractivity contribution is -0.725. The van der Waals surface area contributed by atoms with E-state index < -0.39 is 43.7 Å². The van der Waals surface area contributed by atoms with Crippen molar-refractivity contribution in [2.75, 3.05) is 6.61 Å². The van der Waals surface area contributed by atoms with Gasteiger partial charge in [-0.3, -0.25) is 25.4 Å². The molecule has 1 saturated heterocycles. The van der Waals surface area contributed by atoms with Crippen molar-refractivity contribution >= 4 is 5.71 Å². The molecule has 1 aromatic rings. The van der Waals surface area contributed by atoms with E-state index >= 15 is 0 Å². The molecule has 1 aliphatic carbocycles. The lowest BCUT2D eigenvalue weighted by atomic mass is 10.0. The van der Waals surface area contributed by atoms with Gasteiger partial charge in [-0.2, -0.15) is 0 Å².